The highest BCUT2D eigenvalue weighted by Gasteiger charge is 2.18. The molecule has 3 aromatic rings. The van der Waals surface area contributed by atoms with Crippen molar-refractivity contribution in [3.8, 4) is 5.75 Å². The number of hydrogen-bond donors (Lipinski definition) is 1. The first-order valence-corrected chi connectivity index (χ1v) is 9.10. The summed E-state index contributed by atoms with van der Waals surface area (Å²) in [5, 5.41) is 20.5. The van der Waals surface area contributed by atoms with E-state index in [-0.39, 0.29) is 5.69 Å². The second-order valence-electron chi connectivity index (χ2n) is 5.86. The van der Waals surface area contributed by atoms with Crippen LogP contribution in [0.3, 0.4) is 0 Å². The Morgan fingerprint density at radius 1 is 0.867 bits per heavy atom. The van der Waals surface area contributed by atoms with Crippen molar-refractivity contribution in [3.05, 3.63) is 110 Å². The summed E-state index contributed by atoms with van der Waals surface area (Å²) >= 11 is 0. The predicted octanol–water partition coefficient (Wildman–Crippen LogP) is 5.45. The van der Waals surface area contributed by atoms with E-state index in [4.69, 9.17) is 4.74 Å². The van der Waals surface area contributed by atoms with Gasteiger partial charge in [-0.1, -0.05) is 60.7 Å². The zero-order valence-corrected chi connectivity index (χ0v) is 16.3. The van der Waals surface area contributed by atoms with Crippen molar-refractivity contribution in [2.75, 3.05) is 12.0 Å². The summed E-state index contributed by atoms with van der Waals surface area (Å²) in [6.07, 6.45) is 3.58. The van der Waals surface area contributed by atoms with Crippen LogP contribution in [-0.2, 0) is 0 Å². The van der Waals surface area contributed by atoms with Crippen LogP contribution in [0.5, 0.6) is 5.75 Å². The van der Waals surface area contributed by atoms with Crippen LogP contribution in [0.4, 0.5) is 11.4 Å². The first-order valence-electron chi connectivity index (χ1n) is 9.10. The molecule has 0 saturated heterocycles. The number of nitrogens with one attached hydrogen (secondary N) is 1. The van der Waals surface area contributed by atoms with E-state index in [0.29, 0.717) is 23.6 Å². The molecule has 8 nitrogen and oxygen atoms in total. The highest BCUT2D eigenvalue weighted by Crippen LogP contribution is 2.32. The van der Waals surface area contributed by atoms with Crippen molar-refractivity contribution in [2.45, 2.75) is 6.92 Å². The Bertz CT molecular complexity index is 992. The minimum atomic E-state index is -0.588. The molecule has 3 aromatic carbocycles. The fourth-order valence-electron chi connectivity index (χ4n) is 2.51. The maximum absolute atomic E-state index is 11.2. The molecule has 0 saturated carbocycles. The molecule has 0 spiro atoms. The lowest BCUT2D eigenvalue weighted by molar-refractivity contribution is -0.445. The lowest BCUT2D eigenvalue weighted by atomic mass is 10.1. The molecule has 154 valence electrons. The van der Waals surface area contributed by atoms with Gasteiger partial charge < -0.3 is 4.74 Å². The Morgan fingerprint density at radius 2 is 1.50 bits per heavy atom. The molecule has 0 fully saturated rings. The SMILES string of the molecule is CCOc1cccc(C=Cc2ccccc2)c1[N+](=O)[O-].O=[N+]([O-])Nc1ccccc1. The van der Waals surface area contributed by atoms with Crippen LogP contribution < -0.4 is 10.2 Å². The van der Waals surface area contributed by atoms with Crippen LogP contribution >= 0.6 is 0 Å². The first-order chi connectivity index (χ1) is 14.5. The van der Waals surface area contributed by atoms with E-state index in [1.165, 1.54) is 0 Å². The molecule has 0 aromatic heterocycles. The second kappa shape index (κ2) is 11.6. The van der Waals surface area contributed by atoms with Crippen LogP contribution in [0.25, 0.3) is 12.2 Å². The molecule has 0 atom stereocenters. The van der Waals surface area contributed by atoms with Crippen molar-refractivity contribution in [3.63, 3.8) is 0 Å². The number of anilines is 1. The van der Waals surface area contributed by atoms with Gasteiger partial charge in [0.15, 0.2) is 10.8 Å². The zero-order valence-electron chi connectivity index (χ0n) is 16.3. The number of rotatable bonds is 7. The summed E-state index contributed by atoms with van der Waals surface area (Å²) in [6, 6.07) is 23.2. The molecule has 0 bridgehead atoms. The maximum Gasteiger partial charge on any atom is 0.318 e. The Balaban J connectivity index is 0.000000269. The molecule has 0 unspecified atom stereocenters. The molecule has 0 aliphatic heterocycles. The molecule has 0 heterocycles. The van der Waals surface area contributed by atoms with Gasteiger partial charge in [-0.3, -0.25) is 10.1 Å². The van der Waals surface area contributed by atoms with E-state index in [9.17, 15) is 20.2 Å². The number of benzene rings is 3. The third kappa shape index (κ3) is 7.08. The second-order valence-corrected chi connectivity index (χ2v) is 5.86. The summed E-state index contributed by atoms with van der Waals surface area (Å²) in [5.74, 6) is 0.299. The monoisotopic (exact) mass is 407 g/mol. The number of ether oxygens (including phenoxy) is 1. The molecule has 1 N–H and O–H groups in total. The molecular formula is C22H21N3O5. The van der Waals surface area contributed by atoms with E-state index >= 15 is 0 Å². The summed E-state index contributed by atoms with van der Waals surface area (Å²) in [4.78, 5) is 20.7. The largest absolute Gasteiger partial charge is 0.487 e. The molecule has 0 radical (unpaired) electrons. The number of nitro groups is 2. The summed E-state index contributed by atoms with van der Waals surface area (Å²) < 4.78 is 5.32. The quantitative estimate of drug-likeness (QED) is 0.317. The van der Waals surface area contributed by atoms with Crippen LogP contribution in [0.2, 0.25) is 0 Å². The number of nitro benzene ring substituents is 1. The molecule has 0 aliphatic carbocycles. The third-order valence-corrected chi connectivity index (χ3v) is 3.76. The first kappa shape index (κ1) is 22.1. The van der Waals surface area contributed by atoms with Gasteiger partial charge in [-0.15, -0.1) is 5.43 Å². The fourth-order valence-corrected chi connectivity index (χ4v) is 2.51. The lowest BCUT2D eigenvalue weighted by Gasteiger charge is -2.05. The average Bonchev–Trinajstić information content (AvgIpc) is 2.74. The topological polar surface area (TPSA) is 108 Å². The van der Waals surface area contributed by atoms with Crippen molar-refractivity contribution < 1.29 is 14.7 Å². The Kier molecular flexibility index (Phi) is 8.54. The van der Waals surface area contributed by atoms with Gasteiger partial charge in [0, 0.05) is 0 Å². The number of hydrazine groups is 1. The van der Waals surface area contributed by atoms with E-state index in [1.54, 1.807) is 61.5 Å². The lowest BCUT2D eigenvalue weighted by Crippen LogP contribution is -2.06. The molecule has 0 aliphatic rings. The maximum atomic E-state index is 11.2. The van der Waals surface area contributed by atoms with Crippen molar-refractivity contribution in [1.29, 1.82) is 0 Å². The minimum absolute atomic E-state index is 0.00142. The van der Waals surface area contributed by atoms with Gasteiger partial charge in [0.25, 0.3) is 0 Å². The Hall–Kier alpha value is -4.20. The smallest absolute Gasteiger partial charge is 0.318 e. The molecule has 3 rings (SSSR count). The van der Waals surface area contributed by atoms with Gasteiger partial charge in [-0.25, -0.2) is 10.1 Å². The van der Waals surface area contributed by atoms with Gasteiger partial charge in [-0.05, 0) is 42.8 Å². The normalized spacial score (nSPS) is 10.0. The molecule has 0 amide bonds. The number of nitrogens with zero attached hydrogens (tertiary/aromatic N) is 2. The van der Waals surface area contributed by atoms with Crippen molar-refractivity contribution in [2.24, 2.45) is 0 Å². The van der Waals surface area contributed by atoms with E-state index < -0.39 is 9.96 Å². The zero-order chi connectivity index (χ0) is 21.8. The summed E-state index contributed by atoms with van der Waals surface area (Å²) in [7, 11) is 0. The highest BCUT2D eigenvalue weighted by atomic mass is 16.7. The van der Waals surface area contributed by atoms with Crippen molar-refractivity contribution >= 4 is 23.5 Å². The van der Waals surface area contributed by atoms with Crippen molar-refractivity contribution in [1.82, 2.24) is 0 Å². The average molecular weight is 407 g/mol. The van der Waals surface area contributed by atoms with E-state index in [0.717, 1.165) is 5.56 Å². The number of hydrogen-bond acceptors (Lipinski definition) is 5. The molecule has 8 heteroatoms. The predicted molar refractivity (Wildman–Crippen MR) is 117 cm³/mol. The summed E-state index contributed by atoms with van der Waals surface area (Å²) in [6.45, 7) is 2.20. The molecular weight excluding hydrogens is 386 g/mol. The van der Waals surface area contributed by atoms with Crippen LogP contribution in [0.15, 0.2) is 78.9 Å². The van der Waals surface area contributed by atoms with Crippen LogP contribution in [0, 0.1) is 20.2 Å². The van der Waals surface area contributed by atoms with Crippen LogP contribution in [-0.4, -0.2) is 16.6 Å². The fraction of sp³-hybridized carbons (Fsp3) is 0.0909. The number of para-hydroxylation sites is 2. The standard InChI is InChI=1S/C16H15NO3.C6H6N2O2/c1-2-20-15-10-6-9-14(16(15)17(18)19)12-11-13-7-4-3-5-8-13;9-8(10)7-6-4-2-1-3-5-6/h3-12H,2H2,1H3;1-5,7H. The van der Waals surface area contributed by atoms with Crippen LogP contribution in [0.1, 0.15) is 18.1 Å². The third-order valence-electron chi connectivity index (χ3n) is 3.76. The Labute approximate surface area is 173 Å². The highest BCUT2D eigenvalue weighted by molar-refractivity contribution is 5.76. The van der Waals surface area contributed by atoms with Gasteiger partial charge >= 0.3 is 5.69 Å². The van der Waals surface area contributed by atoms with E-state index in [2.05, 4.69) is 0 Å². The summed E-state index contributed by atoms with van der Waals surface area (Å²) in [5.41, 5.74) is 4.04. The molecule has 30 heavy (non-hydrogen) atoms. The van der Waals surface area contributed by atoms with Gasteiger partial charge in [0.05, 0.1) is 17.1 Å². The van der Waals surface area contributed by atoms with Gasteiger partial charge in [0.1, 0.15) is 5.69 Å². The minimum Gasteiger partial charge on any atom is -0.487 e. The Morgan fingerprint density at radius 3 is 2.07 bits per heavy atom. The van der Waals surface area contributed by atoms with E-state index in [1.807, 2.05) is 41.8 Å². The van der Waals surface area contributed by atoms with Gasteiger partial charge in [0.2, 0.25) is 0 Å². The van der Waals surface area contributed by atoms with Gasteiger partial charge in [-0.2, -0.15) is 0 Å².